The number of hydrogen-bond acceptors (Lipinski definition) is 2. The lowest BCUT2D eigenvalue weighted by Gasteiger charge is -2.22. The quantitative estimate of drug-likeness (QED) is 0.892. The van der Waals surface area contributed by atoms with Gasteiger partial charge in [-0.25, -0.2) is 0 Å². The van der Waals surface area contributed by atoms with Gasteiger partial charge in [-0.3, -0.25) is 4.79 Å². The van der Waals surface area contributed by atoms with E-state index in [0.717, 1.165) is 30.6 Å². The Morgan fingerprint density at radius 1 is 1.35 bits per heavy atom. The minimum absolute atomic E-state index is 0.576. The molecule has 1 atom stereocenters. The molecule has 1 heterocycles. The lowest BCUT2D eigenvalue weighted by molar-refractivity contribution is -0.139. The molecule has 1 fully saturated rings. The Kier molecular flexibility index (Phi) is 3.77. The fraction of sp³-hybridized carbons (Fsp3) is 0.500. The van der Waals surface area contributed by atoms with Crippen molar-refractivity contribution >= 4 is 17.7 Å². The van der Waals surface area contributed by atoms with Crippen LogP contribution < -0.4 is 0 Å². The Morgan fingerprint density at radius 3 is 2.47 bits per heavy atom. The average molecular weight is 250 g/mol. The maximum atomic E-state index is 11.4. The fourth-order valence-corrected chi connectivity index (χ4v) is 3.66. The SMILES string of the molecule is CCc1ccc(CC2(C(=O)O)CCCS2)cc1. The molecular formula is C14H18O2S. The summed E-state index contributed by atoms with van der Waals surface area (Å²) in [5, 5.41) is 9.41. The number of rotatable bonds is 4. The van der Waals surface area contributed by atoms with Crippen LogP contribution in [0.1, 0.15) is 30.9 Å². The second kappa shape index (κ2) is 5.13. The zero-order valence-corrected chi connectivity index (χ0v) is 10.9. The first-order chi connectivity index (χ1) is 8.16. The number of carboxylic acids is 1. The molecule has 1 aromatic rings. The molecule has 2 nitrogen and oxygen atoms in total. The Labute approximate surface area is 106 Å². The molecule has 0 aliphatic carbocycles. The molecule has 1 aromatic carbocycles. The summed E-state index contributed by atoms with van der Waals surface area (Å²) in [6.45, 7) is 2.13. The number of carboxylic acid groups (broad SMARTS) is 1. The summed E-state index contributed by atoms with van der Waals surface area (Å²) in [5.41, 5.74) is 2.44. The summed E-state index contributed by atoms with van der Waals surface area (Å²) in [7, 11) is 0. The number of aryl methyl sites for hydroxylation is 1. The van der Waals surface area contributed by atoms with Crippen LogP contribution in [-0.2, 0) is 17.6 Å². The third-order valence-corrected chi connectivity index (χ3v) is 4.98. The van der Waals surface area contributed by atoms with Crippen molar-refractivity contribution < 1.29 is 9.90 Å². The topological polar surface area (TPSA) is 37.3 Å². The van der Waals surface area contributed by atoms with Crippen LogP contribution in [-0.4, -0.2) is 21.6 Å². The fourth-order valence-electron chi connectivity index (χ4n) is 2.30. The monoisotopic (exact) mass is 250 g/mol. The van der Waals surface area contributed by atoms with E-state index in [2.05, 4.69) is 31.2 Å². The lowest BCUT2D eigenvalue weighted by atomic mass is 9.94. The van der Waals surface area contributed by atoms with Crippen molar-refractivity contribution in [3.63, 3.8) is 0 Å². The van der Waals surface area contributed by atoms with Gasteiger partial charge in [0.2, 0.25) is 0 Å². The van der Waals surface area contributed by atoms with Gasteiger partial charge in [-0.05, 0) is 42.6 Å². The van der Waals surface area contributed by atoms with E-state index in [4.69, 9.17) is 0 Å². The van der Waals surface area contributed by atoms with E-state index in [-0.39, 0.29) is 0 Å². The number of carbonyl (C=O) groups is 1. The van der Waals surface area contributed by atoms with Crippen LogP contribution in [0.25, 0.3) is 0 Å². The van der Waals surface area contributed by atoms with Crippen molar-refractivity contribution in [2.75, 3.05) is 5.75 Å². The first-order valence-corrected chi connectivity index (χ1v) is 7.10. The van der Waals surface area contributed by atoms with Crippen LogP contribution in [0.4, 0.5) is 0 Å². The second-order valence-electron chi connectivity index (χ2n) is 4.60. The van der Waals surface area contributed by atoms with Crippen molar-refractivity contribution in [3.05, 3.63) is 35.4 Å². The van der Waals surface area contributed by atoms with E-state index in [1.165, 1.54) is 5.56 Å². The molecule has 0 aromatic heterocycles. The molecule has 1 unspecified atom stereocenters. The maximum absolute atomic E-state index is 11.4. The number of aliphatic carboxylic acids is 1. The first kappa shape index (κ1) is 12.5. The summed E-state index contributed by atoms with van der Waals surface area (Å²) < 4.78 is -0.576. The van der Waals surface area contributed by atoms with Gasteiger partial charge in [0.15, 0.2) is 0 Å². The summed E-state index contributed by atoms with van der Waals surface area (Å²) in [5.74, 6) is 0.318. The molecular weight excluding hydrogens is 232 g/mol. The highest BCUT2D eigenvalue weighted by Crippen LogP contribution is 2.41. The minimum Gasteiger partial charge on any atom is -0.480 e. The Hall–Kier alpha value is -0.960. The second-order valence-corrected chi connectivity index (χ2v) is 6.08. The predicted octanol–water partition coefficient (Wildman–Crippen LogP) is 3.14. The van der Waals surface area contributed by atoms with E-state index in [0.29, 0.717) is 6.42 Å². The molecule has 17 heavy (non-hydrogen) atoms. The van der Waals surface area contributed by atoms with Gasteiger partial charge in [-0.15, -0.1) is 11.8 Å². The number of benzene rings is 1. The van der Waals surface area contributed by atoms with Gasteiger partial charge in [0.25, 0.3) is 0 Å². The van der Waals surface area contributed by atoms with E-state index in [9.17, 15) is 9.90 Å². The number of hydrogen-bond donors (Lipinski definition) is 1. The first-order valence-electron chi connectivity index (χ1n) is 6.11. The summed E-state index contributed by atoms with van der Waals surface area (Å²) >= 11 is 1.60. The zero-order chi connectivity index (χ0) is 12.3. The molecule has 1 aliphatic rings. The molecule has 3 heteroatoms. The standard InChI is InChI=1S/C14H18O2S/c1-2-11-4-6-12(7-5-11)10-14(13(15)16)8-3-9-17-14/h4-7H,2-3,8-10H2,1H3,(H,15,16). The van der Waals surface area contributed by atoms with E-state index < -0.39 is 10.7 Å². The van der Waals surface area contributed by atoms with Crippen LogP contribution in [0.2, 0.25) is 0 Å². The smallest absolute Gasteiger partial charge is 0.320 e. The molecule has 0 amide bonds. The number of thioether (sulfide) groups is 1. The van der Waals surface area contributed by atoms with Crippen molar-refractivity contribution in [1.82, 2.24) is 0 Å². The van der Waals surface area contributed by atoms with Crippen LogP contribution >= 0.6 is 11.8 Å². The summed E-state index contributed by atoms with van der Waals surface area (Å²) in [4.78, 5) is 11.4. The zero-order valence-electron chi connectivity index (χ0n) is 10.1. The van der Waals surface area contributed by atoms with Gasteiger partial charge >= 0.3 is 5.97 Å². The van der Waals surface area contributed by atoms with Crippen LogP contribution in [0, 0.1) is 0 Å². The Balaban J connectivity index is 2.15. The van der Waals surface area contributed by atoms with Crippen LogP contribution in [0.15, 0.2) is 24.3 Å². The van der Waals surface area contributed by atoms with E-state index in [1.54, 1.807) is 11.8 Å². The van der Waals surface area contributed by atoms with Crippen molar-refractivity contribution in [2.45, 2.75) is 37.4 Å². The maximum Gasteiger partial charge on any atom is 0.320 e. The van der Waals surface area contributed by atoms with Crippen LogP contribution in [0.5, 0.6) is 0 Å². The van der Waals surface area contributed by atoms with Gasteiger partial charge < -0.3 is 5.11 Å². The van der Waals surface area contributed by atoms with Gasteiger partial charge in [0, 0.05) is 0 Å². The van der Waals surface area contributed by atoms with Gasteiger partial charge in [-0.1, -0.05) is 31.2 Å². The average Bonchev–Trinajstić information content (AvgIpc) is 2.80. The summed E-state index contributed by atoms with van der Waals surface area (Å²) in [6.07, 6.45) is 3.49. The molecule has 0 bridgehead atoms. The van der Waals surface area contributed by atoms with Crippen LogP contribution in [0.3, 0.4) is 0 Å². The highest BCUT2D eigenvalue weighted by molar-refractivity contribution is 8.01. The molecule has 0 radical (unpaired) electrons. The summed E-state index contributed by atoms with van der Waals surface area (Å²) in [6, 6.07) is 8.35. The van der Waals surface area contributed by atoms with Gasteiger partial charge in [-0.2, -0.15) is 0 Å². The molecule has 1 N–H and O–H groups in total. The minimum atomic E-state index is -0.653. The highest BCUT2D eigenvalue weighted by atomic mass is 32.2. The Bertz CT molecular complexity index is 391. The van der Waals surface area contributed by atoms with E-state index in [1.807, 2.05) is 0 Å². The van der Waals surface area contributed by atoms with Crippen molar-refractivity contribution in [2.24, 2.45) is 0 Å². The van der Waals surface area contributed by atoms with Crippen molar-refractivity contribution in [3.8, 4) is 0 Å². The predicted molar refractivity (Wildman–Crippen MR) is 71.6 cm³/mol. The van der Waals surface area contributed by atoms with Crippen molar-refractivity contribution in [1.29, 1.82) is 0 Å². The molecule has 0 spiro atoms. The highest BCUT2D eigenvalue weighted by Gasteiger charge is 2.42. The van der Waals surface area contributed by atoms with Gasteiger partial charge in [0.1, 0.15) is 4.75 Å². The molecule has 1 saturated heterocycles. The molecule has 1 aliphatic heterocycles. The largest absolute Gasteiger partial charge is 0.480 e. The third kappa shape index (κ3) is 2.65. The van der Waals surface area contributed by atoms with Gasteiger partial charge in [0.05, 0.1) is 0 Å². The Morgan fingerprint density at radius 2 is 2.00 bits per heavy atom. The van der Waals surface area contributed by atoms with E-state index >= 15 is 0 Å². The third-order valence-electron chi connectivity index (χ3n) is 3.41. The molecule has 2 rings (SSSR count). The molecule has 0 saturated carbocycles. The lowest BCUT2D eigenvalue weighted by Crippen LogP contribution is -2.34. The normalized spacial score (nSPS) is 23.8. The molecule has 92 valence electrons.